The molecule has 108 valence electrons. The van der Waals surface area contributed by atoms with Crippen LogP contribution in [0.25, 0.3) is 0 Å². The van der Waals surface area contributed by atoms with Crippen LogP contribution in [0.15, 0.2) is 36.4 Å². The van der Waals surface area contributed by atoms with Crippen LogP contribution < -0.4 is 5.32 Å². The van der Waals surface area contributed by atoms with E-state index in [0.29, 0.717) is 22.8 Å². The first-order valence-electron chi connectivity index (χ1n) is 6.76. The van der Waals surface area contributed by atoms with Crippen LogP contribution in [0.1, 0.15) is 33.2 Å². The Morgan fingerprint density at radius 2 is 2.10 bits per heavy atom. The number of carbonyl (C=O) groups excluding carboxylic acids is 1. The molecule has 4 nitrogen and oxygen atoms in total. The lowest BCUT2D eigenvalue weighted by Crippen LogP contribution is -2.34. The van der Waals surface area contributed by atoms with Crippen LogP contribution >= 0.6 is 11.6 Å². The molecule has 1 aliphatic carbocycles. The first-order chi connectivity index (χ1) is 10.1. The number of rotatable bonds is 2. The van der Waals surface area contributed by atoms with Gasteiger partial charge in [0, 0.05) is 6.42 Å². The summed E-state index contributed by atoms with van der Waals surface area (Å²) in [6, 6.07) is 10.6. The molecule has 0 saturated carbocycles. The number of aliphatic hydroxyl groups excluding tert-OH is 1. The summed E-state index contributed by atoms with van der Waals surface area (Å²) in [5.74, 6) is -0.252. The Balaban J connectivity index is 1.85. The summed E-state index contributed by atoms with van der Waals surface area (Å²) in [4.78, 5) is 16.5. The second-order valence-corrected chi connectivity index (χ2v) is 5.58. The van der Waals surface area contributed by atoms with E-state index in [-0.39, 0.29) is 11.9 Å². The highest BCUT2D eigenvalue weighted by atomic mass is 35.5. The van der Waals surface area contributed by atoms with Crippen molar-refractivity contribution in [2.75, 3.05) is 0 Å². The third kappa shape index (κ3) is 2.64. The molecule has 0 bridgehead atoms. The normalized spacial score (nSPS) is 20.1. The lowest BCUT2D eigenvalue weighted by atomic mass is 10.1. The van der Waals surface area contributed by atoms with Gasteiger partial charge in [0.2, 0.25) is 0 Å². The fraction of sp³-hybridized carbons (Fsp3) is 0.250. The van der Waals surface area contributed by atoms with Gasteiger partial charge in [0.15, 0.2) is 0 Å². The number of nitrogens with zero attached hydrogens (tertiary/aromatic N) is 1. The van der Waals surface area contributed by atoms with Crippen molar-refractivity contribution >= 4 is 17.5 Å². The Morgan fingerprint density at radius 3 is 2.86 bits per heavy atom. The number of amides is 1. The fourth-order valence-electron chi connectivity index (χ4n) is 2.74. The van der Waals surface area contributed by atoms with Gasteiger partial charge in [0.25, 0.3) is 5.91 Å². The molecule has 21 heavy (non-hydrogen) atoms. The minimum absolute atomic E-state index is 0.252. The largest absolute Gasteiger partial charge is 0.390 e. The molecule has 1 amide bonds. The molecule has 1 aliphatic rings. The van der Waals surface area contributed by atoms with Gasteiger partial charge in [-0.3, -0.25) is 4.79 Å². The zero-order valence-corrected chi connectivity index (χ0v) is 12.3. The van der Waals surface area contributed by atoms with E-state index in [1.54, 1.807) is 19.1 Å². The molecule has 0 fully saturated rings. The summed E-state index contributed by atoms with van der Waals surface area (Å²) in [5, 5.41) is 13.4. The Kier molecular flexibility index (Phi) is 3.66. The maximum atomic E-state index is 12.4. The SMILES string of the molecule is Cc1nc(Cl)ccc1C(=O)NC1c2ccccc2CC1O. The highest BCUT2D eigenvalue weighted by Gasteiger charge is 2.32. The topological polar surface area (TPSA) is 62.2 Å². The van der Waals surface area contributed by atoms with Gasteiger partial charge in [-0.2, -0.15) is 0 Å². The van der Waals surface area contributed by atoms with Crippen LogP contribution in [0.2, 0.25) is 5.15 Å². The van der Waals surface area contributed by atoms with Crippen LogP contribution in [-0.4, -0.2) is 22.1 Å². The van der Waals surface area contributed by atoms with E-state index in [0.717, 1.165) is 11.1 Å². The summed E-state index contributed by atoms with van der Waals surface area (Å²) in [5.41, 5.74) is 3.08. The average Bonchev–Trinajstić information content (AvgIpc) is 2.75. The zero-order chi connectivity index (χ0) is 15.0. The number of aliphatic hydroxyl groups is 1. The molecular formula is C16H15ClN2O2. The van der Waals surface area contributed by atoms with Crippen molar-refractivity contribution in [2.45, 2.75) is 25.5 Å². The number of carbonyl (C=O) groups is 1. The van der Waals surface area contributed by atoms with Gasteiger partial charge in [0.05, 0.1) is 23.4 Å². The average molecular weight is 303 g/mol. The fourth-order valence-corrected chi connectivity index (χ4v) is 2.93. The number of fused-ring (bicyclic) bond motifs is 1. The minimum Gasteiger partial charge on any atom is -0.390 e. The minimum atomic E-state index is -0.605. The number of pyridine rings is 1. The molecule has 1 heterocycles. The Hall–Kier alpha value is -1.91. The Bertz CT molecular complexity index is 702. The lowest BCUT2D eigenvalue weighted by molar-refractivity contribution is 0.0857. The summed E-state index contributed by atoms with van der Waals surface area (Å²) in [7, 11) is 0. The van der Waals surface area contributed by atoms with Gasteiger partial charge in [0.1, 0.15) is 5.15 Å². The van der Waals surface area contributed by atoms with E-state index in [2.05, 4.69) is 10.3 Å². The van der Waals surface area contributed by atoms with Gasteiger partial charge in [-0.15, -0.1) is 0 Å². The third-order valence-corrected chi connectivity index (χ3v) is 4.00. The van der Waals surface area contributed by atoms with Gasteiger partial charge >= 0.3 is 0 Å². The molecule has 2 aromatic rings. The monoisotopic (exact) mass is 302 g/mol. The van der Waals surface area contributed by atoms with Crippen LogP contribution in [0.3, 0.4) is 0 Å². The van der Waals surface area contributed by atoms with E-state index in [1.165, 1.54) is 0 Å². The van der Waals surface area contributed by atoms with Crippen molar-refractivity contribution in [1.82, 2.24) is 10.3 Å². The number of hydrogen-bond acceptors (Lipinski definition) is 3. The van der Waals surface area contributed by atoms with E-state index in [9.17, 15) is 9.90 Å². The van der Waals surface area contributed by atoms with Crippen molar-refractivity contribution in [3.63, 3.8) is 0 Å². The smallest absolute Gasteiger partial charge is 0.253 e. The molecule has 0 spiro atoms. The number of benzene rings is 1. The van der Waals surface area contributed by atoms with Crippen molar-refractivity contribution < 1.29 is 9.90 Å². The maximum Gasteiger partial charge on any atom is 0.253 e. The first kappa shape index (κ1) is 14.0. The molecular weight excluding hydrogens is 288 g/mol. The molecule has 2 N–H and O–H groups in total. The zero-order valence-electron chi connectivity index (χ0n) is 11.5. The van der Waals surface area contributed by atoms with E-state index in [1.807, 2.05) is 24.3 Å². The van der Waals surface area contributed by atoms with Crippen LogP contribution in [-0.2, 0) is 6.42 Å². The molecule has 0 aliphatic heterocycles. The molecule has 2 unspecified atom stereocenters. The Morgan fingerprint density at radius 1 is 1.33 bits per heavy atom. The lowest BCUT2D eigenvalue weighted by Gasteiger charge is -2.18. The predicted octanol–water partition coefficient (Wildman–Crippen LogP) is 2.43. The van der Waals surface area contributed by atoms with E-state index >= 15 is 0 Å². The summed E-state index contributed by atoms with van der Waals surface area (Å²) in [6.45, 7) is 1.74. The van der Waals surface area contributed by atoms with Gasteiger partial charge in [-0.1, -0.05) is 35.9 Å². The van der Waals surface area contributed by atoms with Crippen molar-refractivity contribution in [2.24, 2.45) is 0 Å². The van der Waals surface area contributed by atoms with E-state index < -0.39 is 6.10 Å². The molecule has 0 saturated heterocycles. The number of aromatic nitrogens is 1. The first-order valence-corrected chi connectivity index (χ1v) is 7.14. The van der Waals surface area contributed by atoms with Crippen molar-refractivity contribution in [3.05, 3.63) is 63.9 Å². The summed E-state index contributed by atoms with van der Waals surface area (Å²) < 4.78 is 0. The highest BCUT2D eigenvalue weighted by molar-refractivity contribution is 6.29. The van der Waals surface area contributed by atoms with E-state index in [4.69, 9.17) is 11.6 Å². The van der Waals surface area contributed by atoms with Crippen LogP contribution in [0.5, 0.6) is 0 Å². The standard InChI is InChI=1S/C16H15ClN2O2/c1-9-11(6-7-14(17)18-9)16(21)19-15-12-5-3-2-4-10(12)8-13(15)20/h2-7,13,15,20H,8H2,1H3,(H,19,21). The third-order valence-electron chi connectivity index (χ3n) is 3.79. The van der Waals surface area contributed by atoms with Crippen molar-refractivity contribution in [3.8, 4) is 0 Å². The summed E-state index contributed by atoms with van der Waals surface area (Å²) >= 11 is 5.80. The number of hydrogen-bond donors (Lipinski definition) is 2. The maximum absolute atomic E-state index is 12.4. The number of halogens is 1. The van der Waals surface area contributed by atoms with Crippen molar-refractivity contribution in [1.29, 1.82) is 0 Å². The molecule has 1 aromatic carbocycles. The molecule has 1 aromatic heterocycles. The quantitative estimate of drug-likeness (QED) is 0.838. The second-order valence-electron chi connectivity index (χ2n) is 5.19. The number of aryl methyl sites for hydroxylation is 1. The summed E-state index contributed by atoms with van der Waals surface area (Å²) in [6.07, 6.45) is -0.0502. The second kappa shape index (κ2) is 5.47. The Labute approximate surface area is 127 Å². The van der Waals surface area contributed by atoms with Gasteiger partial charge in [-0.25, -0.2) is 4.98 Å². The molecule has 3 rings (SSSR count). The highest BCUT2D eigenvalue weighted by Crippen LogP contribution is 2.31. The van der Waals surface area contributed by atoms with Crippen LogP contribution in [0, 0.1) is 6.92 Å². The van der Waals surface area contributed by atoms with Gasteiger partial charge in [-0.05, 0) is 30.2 Å². The van der Waals surface area contributed by atoms with Gasteiger partial charge < -0.3 is 10.4 Å². The molecule has 0 radical (unpaired) electrons. The predicted molar refractivity (Wildman–Crippen MR) is 80.3 cm³/mol. The number of nitrogens with one attached hydrogen (secondary N) is 1. The molecule has 2 atom stereocenters. The molecule has 5 heteroatoms. The van der Waals surface area contributed by atoms with Crippen LogP contribution in [0.4, 0.5) is 0 Å².